The van der Waals surface area contributed by atoms with E-state index in [1.165, 1.54) is 0 Å². The number of H-pyrrole nitrogens is 1. The summed E-state index contributed by atoms with van der Waals surface area (Å²) in [6.45, 7) is 3.71. The molecular formula is C19H21N5O3S. The third-order valence-electron chi connectivity index (χ3n) is 4.05. The molecule has 0 radical (unpaired) electrons. The van der Waals surface area contributed by atoms with E-state index in [-0.39, 0.29) is 6.73 Å². The first-order valence-corrected chi connectivity index (χ1v) is 9.05. The van der Waals surface area contributed by atoms with E-state index in [4.69, 9.17) is 22.1 Å². The van der Waals surface area contributed by atoms with Gasteiger partial charge in [0.15, 0.2) is 11.5 Å². The topological polar surface area (TPSA) is 104 Å². The van der Waals surface area contributed by atoms with Crippen LogP contribution in [0.2, 0.25) is 0 Å². The predicted octanol–water partition coefficient (Wildman–Crippen LogP) is 3.57. The van der Waals surface area contributed by atoms with Crippen LogP contribution < -0.4 is 15.4 Å². The average molecular weight is 399 g/mol. The molecule has 8 nitrogen and oxygen atoms in total. The lowest BCUT2D eigenvalue weighted by Gasteiger charge is -2.13. The normalized spacial score (nSPS) is 11.6. The van der Waals surface area contributed by atoms with E-state index in [9.17, 15) is 4.79 Å². The highest BCUT2D eigenvalue weighted by Gasteiger charge is 2.10. The zero-order valence-electron chi connectivity index (χ0n) is 15.5. The van der Waals surface area contributed by atoms with Crippen LogP contribution in [0.3, 0.4) is 0 Å². The molecule has 0 aliphatic carbocycles. The fourth-order valence-electron chi connectivity index (χ4n) is 2.62. The van der Waals surface area contributed by atoms with Gasteiger partial charge in [-0.3, -0.25) is 14.5 Å². The van der Waals surface area contributed by atoms with Crippen LogP contribution in [0.15, 0.2) is 48.5 Å². The van der Waals surface area contributed by atoms with Crippen LogP contribution in [0.25, 0.3) is 5.69 Å². The zero-order valence-corrected chi connectivity index (χ0v) is 16.3. The van der Waals surface area contributed by atoms with Crippen LogP contribution >= 0.6 is 12.2 Å². The molecule has 1 unspecified atom stereocenters. The van der Waals surface area contributed by atoms with Gasteiger partial charge in [-0.25, -0.2) is 0 Å². The van der Waals surface area contributed by atoms with E-state index in [0.29, 0.717) is 16.2 Å². The zero-order chi connectivity index (χ0) is 20.1. The molecule has 0 bridgehead atoms. The van der Waals surface area contributed by atoms with E-state index in [2.05, 4.69) is 20.8 Å². The van der Waals surface area contributed by atoms with Crippen molar-refractivity contribution in [1.82, 2.24) is 14.8 Å². The molecule has 1 aromatic heterocycles. The number of carboxylic acids is 1. The monoisotopic (exact) mass is 399 g/mol. The number of nitrogens with one attached hydrogen (secondary N) is 3. The molecule has 3 aromatic rings. The first-order chi connectivity index (χ1) is 13.4. The second kappa shape index (κ2) is 8.57. The van der Waals surface area contributed by atoms with Crippen molar-refractivity contribution in [2.75, 3.05) is 17.4 Å². The SMILES string of the molecule is Cc1n[nH]c(=S)n1-c1cccc(NCOc2cccc(NC(C)C(=O)O)c2)c1. The molecule has 0 amide bonds. The van der Waals surface area contributed by atoms with Gasteiger partial charge in [0.2, 0.25) is 0 Å². The summed E-state index contributed by atoms with van der Waals surface area (Å²) in [4.78, 5) is 11.0. The summed E-state index contributed by atoms with van der Waals surface area (Å²) >= 11 is 5.26. The van der Waals surface area contributed by atoms with Gasteiger partial charge in [-0.05, 0) is 56.4 Å². The molecule has 146 valence electrons. The second-order valence-corrected chi connectivity index (χ2v) is 6.55. The maximum Gasteiger partial charge on any atom is 0.325 e. The van der Waals surface area contributed by atoms with Crippen molar-refractivity contribution < 1.29 is 14.6 Å². The highest BCUT2D eigenvalue weighted by Crippen LogP contribution is 2.19. The third-order valence-corrected chi connectivity index (χ3v) is 4.32. The number of anilines is 2. The number of carboxylic acid groups (broad SMARTS) is 1. The smallest absolute Gasteiger partial charge is 0.325 e. The highest BCUT2D eigenvalue weighted by atomic mass is 32.1. The van der Waals surface area contributed by atoms with Crippen molar-refractivity contribution in [1.29, 1.82) is 0 Å². The van der Waals surface area contributed by atoms with Crippen molar-refractivity contribution in [2.24, 2.45) is 0 Å². The van der Waals surface area contributed by atoms with Gasteiger partial charge in [-0.15, -0.1) is 0 Å². The molecule has 0 saturated heterocycles. The van der Waals surface area contributed by atoms with E-state index in [0.717, 1.165) is 17.2 Å². The Bertz CT molecular complexity index is 1030. The molecule has 0 aliphatic heterocycles. The number of hydrogen-bond donors (Lipinski definition) is 4. The van der Waals surface area contributed by atoms with E-state index >= 15 is 0 Å². The number of benzene rings is 2. The number of aryl methyl sites for hydroxylation is 1. The van der Waals surface area contributed by atoms with Crippen molar-refractivity contribution in [3.63, 3.8) is 0 Å². The first-order valence-electron chi connectivity index (χ1n) is 8.64. The molecule has 3 rings (SSSR count). The second-order valence-electron chi connectivity index (χ2n) is 6.16. The van der Waals surface area contributed by atoms with Gasteiger partial charge in [-0.1, -0.05) is 12.1 Å². The average Bonchev–Trinajstić information content (AvgIpc) is 3.00. The fraction of sp³-hybridized carbons (Fsp3) is 0.211. The molecule has 2 aromatic carbocycles. The third kappa shape index (κ3) is 4.68. The lowest BCUT2D eigenvalue weighted by atomic mass is 10.2. The molecule has 0 fully saturated rings. The maximum atomic E-state index is 11.0. The highest BCUT2D eigenvalue weighted by molar-refractivity contribution is 7.71. The summed E-state index contributed by atoms with van der Waals surface area (Å²) < 4.78 is 8.11. The summed E-state index contributed by atoms with van der Waals surface area (Å²) in [7, 11) is 0. The number of rotatable bonds is 8. The van der Waals surface area contributed by atoms with Gasteiger partial charge < -0.3 is 20.5 Å². The van der Waals surface area contributed by atoms with Crippen molar-refractivity contribution in [2.45, 2.75) is 19.9 Å². The van der Waals surface area contributed by atoms with Crippen molar-refractivity contribution in [3.8, 4) is 11.4 Å². The molecule has 0 aliphatic rings. The van der Waals surface area contributed by atoms with Gasteiger partial charge >= 0.3 is 5.97 Å². The number of aliphatic carboxylic acids is 1. The lowest BCUT2D eigenvalue weighted by Crippen LogP contribution is -2.25. The Labute approximate surface area is 167 Å². The molecule has 0 saturated carbocycles. The number of carbonyl (C=O) groups is 1. The number of hydrogen-bond acceptors (Lipinski definition) is 6. The molecule has 28 heavy (non-hydrogen) atoms. The minimum Gasteiger partial charge on any atom is -0.480 e. The fourth-order valence-corrected chi connectivity index (χ4v) is 2.91. The molecule has 1 heterocycles. The Morgan fingerprint density at radius 2 is 2.04 bits per heavy atom. The van der Waals surface area contributed by atoms with Gasteiger partial charge in [0.1, 0.15) is 17.6 Å². The standard InChI is InChI=1S/C19H21N5O3S/c1-12(18(25)26)21-15-6-4-8-17(10-15)27-11-20-14-5-3-7-16(9-14)24-13(2)22-23-19(24)28/h3-10,12,20-21H,11H2,1-2H3,(H,23,28)(H,25,26). The number of aromatic amines is 1. The van der Waals surface area contributed by atoms with Crippen LogP contribution in [-0.2, 0) is 4.79 Å². The predicted molar refractivity (Wildman–Crippen MR) is 110 cm³/mol. The molecule has 9 heteroatoms. The Kier molecular flexibility index (Phi) is 5.95. The van der Waals surface area contributed by atoms with Gasteiger partial charge in [-0.2, -0.15) is 5.10 Å². The largest absolute Gasteiger partial charge is 0.480 e. The van der Waals surface area contributed by atoms with Crippen LogP contribution in [0.4, 0.5) is 11.4 Å². The number of aromatic nitrogens is 3. The first kappa shape index (κ1) is 19.4. The van der Waals surface area contributed by atoms with Crippen molar-refractivity contribution >= 4 is 29.6 Å². The number of nitrogens with zero attached hydrogens (tertiary/aromatic N) is 2. The molecule has 1 atom stereocenters. The van der Waals surface area contributed by atoms with E-state index < -0.39 is 12.0 Å². The Hall–Kier alpha value is -3.33. The summed E-state index contributed by atoms with van der Waals surface area (Å²) in [6.07, 6.45) is 0. The summed E-state index contributed by atoms with van der Waals surface area (Å²) in [5, 5.41) is 22.0. The van der Waals surface area contributed by atoms with E-state index in [1.54, 1.807) is 25.1 Å². The van der Waals surface area contributed by atoms with Crippen LogP contribution in [0.5, 0.6) is 5.75 Å². The minimum atomic E-state index is -0.916. The molecule has 0 spiro atoms. The van der Waals surface area contributed by atoms with Gasteiger partial charge in [0.25, 0.3) is 0 Å². The minimum absolute atomic E-state index is 0.247. The van der Waals surface area contributed by atoms with Gasteiger partial charge in [0.05, 0.1) is 5.69 Å². The Morgan fingerprint density at radius 3 is 2.75 bits per heavy atom. The van der Waals surface area contributed by atoms with Crippen molar-refractivity contribution in [3.05, 3.63) is 59.1 Å². The Morgan fingerprint density at radius 1 is 1.29 bits per heavy atom. The van der Waals surface area contributed by atoms with Crippen LogP contribution in [0.1, 0.15) is 12.7 Å². The molecule has 4 N–H and O–H groups in total. The Balaban J connectivity index is 1.62. The lowest BCUT2D eigenvalue weighted by molar-refractivity contribution is -0.137. The summed E-state index contributed by atoms with van der Waals surface area (Å²) in [6, 6.07) is 14.2. The van der Waals surface area contributed by atoms with Crippen LogP contribution in [0, 0.1) is 11.7 Å². The number of ether oxygens (including phenoxy) is 1. The quantitative estimate of drug-likeness (QED) is 0.339. The van der Waals surface area contributed by atoms with Crippen LogP contribution in [-0.4, -0.2) is 38.6 Å². The van der Waals surface area contributed by atoms with E-state index in [1.807, 2.05) is 41.8 Å². The van der Waals surface area contributed by atoms with Gasteiger partial charge in [0, 0.05) is 17.4 Å². The summed E-state index contributed by atoms with van der Waals surface area (Å²) in [5.41, 5.74) is 2.45. The summed E-state index contributed by atoms with van der Waals surface area (Å²) in [5.74, 6) is 0.485. The molecular weight excluding hydrogens is 378 g/mol. The maximum absolute atomic E-state index is 11.0.